The highest BCUT2D eigenvalue weighted by Gasteiger charge is 1.96. The van der Waals surface area contributed by atoms with Crippen molar-refractivity contribution < 1.29 is 4.39 Å². The summed E-state index contributed by atoms with van der Waals surface area (Å²) in [5.41, 5.74) is 1.65. The number of aromatic amines is 1. The first-order valence-corrected chi connectivity index (χ1v) is 4.17. The zero-order valence-corrected chi connectivity index (χ0v) is 7.37. The molecule has 0 spiro atoms. The van der Waals surface area contributed by atoms with Crippen LogP contribution < -0.4 is 5.32 Å². The molecule has 0 radical (unpaired) electrons. The number of H-pyrrole nitrogens is 1. The van der Waals surface area contributed by atoms with Gasteiger partial charge in [-0.2, -0.15) is 4.39 Å². The monoisotopic (exact) mass is 192 g/mol. The summed E-state index contributed by atoms with van der Waals surface area (Å²) in [6.45, 7) is 0.587. The molecule has 0 aliphatic rings. The van der Waals surface area contributed by atoms with E-state index in [0.29, 0.717) is 12.2 Å². The average Bonchev–Trinajstić information content (AvgIpc) is 2.67. The molecule has 5 heteroatoms. The van der Waals surface area contributed by atoms with Crippen LogP contribution in [0, 0.1) is 5.95 Å². The van der Waals surface area contributed by atoms with Crippen molar-refractivity contribution in [2.75, 3.05) is 5.32 Å². The molecule has 2 N–H and O–H groups in total. The van der Waals surface area contributed by atoms with Crippen molar-refractivity contribution in [3.63, 3.8) is 0 Å². The van der Waals surface area contributed by atoms with Gasteiger partial charge in [-0.05, 0) is 6.07 Å². The summed E-state index contributed by atoms with van der Waals surface area (Å²) in [5, 5.41) is 3.04. The Hall–Kier alpha value is -1.91. The van der Waals surface area contributed by atoms with E-state index in [1.54, 1.807) is 18.6 Å². The molecule has 14 heavy (non-hydrogen) atoms. The Morgan fingerprint density at radius 2 is 2.43 bits per heavy atom. The zero-order chi connectivity index (χ0) is 9.80. The van der Waals surface area contributed by atoms with Gasteiger partial charge < -0.3 is 10.3 Å². The zero-order valence-electron chi connectivity index (χ0n) is 7.37. The average molecular weight is 192 g/mol. The van der Waals surface area contributed by atoms with Gasteiger partial charge in [-0.1, -0.05) is 0 Å². The van der Waals surface area contributed by atoms with Gasteiger partial charge in [0.25, 0.3) is 0 Å². The lowest BCUT2D eigenvalue weighted by Crippen LogP contribution is -2.00. The lowest BCUT2D eigenvalue weighted by molar-refractivity contribution is 0.584. The van der Waals surface area contributed by atoms with Crippen LogP contribution in [0.3, 0.4) is 0 Å². The minimum atomic E-state index is -0.486. The van der Waals surface area contributed by atoms with E-state index < -0.39 is 5.95 Å². The third kappa shape index (κ3) is 2.07. The summed E-state index contributed by atoms with van der Waals surface area (Å²) in [6.07, 6.45) is 4.74. The van der Waals surface area contributed by atoms with Gasteiger partial charge in [0, 0.05) is 24.1 Å². The van der Waals surface area contributed by atoms with E-state index >= 15 is 0 Å². The molecular weight excluding hydrogens is 183 g/mol. The van der Waals surface area contributed by atoms with Gasteiger partial charge in [0.2, 0.25) is 5.95 Å². The molecule has 2 rings (SSSR count). The van der Waals surface area contributed by atoms with E-state index in [-0.39, 0.29) is 0 Å². The minimum absolute atomic E-state index is 0.486. The number of nitrogens with one attached hydrogen (secondary N) is 2. The van der Waals surface area contributed by atoms with E-state index in [1.807, 2.05) is 0 Å². The Bertz CT molecular complexity index is 399. The highest BCUT2D eigenvalue weighted by molar-refractivity contribution is 5.41. The standard InChI is InChI=1S/C9H9FN4/c10-9-3-7(1-2-12-9)13-5-8-4-11-6-14-8/h1-4,6H,5H2,(H,11,14)(H,12,13). The van der Waals surface area contributed by atoms with E-state index in [4.69, 9.17) is 0 Å². The Balaban J connectivity index is 1.98. The molecule has 0 aromatic carbocycles. The molecule has 2 aromatic heterocycles. The number of pyridine rings is 1. The first-order chi connectivity index (χ1) is 6.84. The molecule has 0 amide bonds. The Morgan fingerprint density at radius 1 is 1.50 bits per heavy atom. The molecule has 0 aliphatic heterocycles. The van der Waals surface area contributed by atoms with Gasteiger partial charge in [-0.25, -0.2) is 9.97 Å². The van der Waals surface area contributed by atoms with Crippen LogP contribution in [-0.4, -0.2) is 15.0 Å². The molecule has 0 saturated carbocycles. The van der Waals surface area contributed by atoms with Gasteiger partial charge in [0.1, 0.15) is 0 Å². The fourth-order valence-electron chi connectivity index (χ4n) is 1.09. The maximum absolute atomic E-state index is 12.7. The summed E-state index contributed by atoms with van der Waals surface area (Å²) in [4.78, 5) is 10.3. The van der Waals surface area contributed by atoms with Crippen molar-refractivity contribution >= 4 is 5.69 Å². The molecule has 2 heterocycles. The van der Waals surface area contributed by atoms with Gasteiger partial charge in [-0.3, -0.25) is 0 Å². The van der Waals surface area contributed by atoms with Crippen molar-refractivity contribution in [2.45, 2.75) is 6.54 Å². The third-order valence-corrected chi connectivity index (χ3v) is 1.76. The summed E-state index contributed by atoms with van der Waals surface area (Å²) in [6, 6.07) is 3.05. The van der Waals surface area contributed by atoms with Crippen LogP contribution in [0.1, 0.15) is 5.69 Å². The second-order valence-corrected chi connectivity index (χ2v) is 2.80. The van der Waals surface area contributed by atoms with Crippen LogP contribution in [-0.2, 0) is 6.54 Å². The number of rotatable bonds is 3. The van der Waals surface area contributed by atoms with Crippen LogP contribution in [0.25, 0.3) is 0 Å². The van der Waals surface area contributed by atoms with E-state index in [9.17, 15) is 4.39 Å². The molecule has 4 nitrogen and oxygen atoms in total. The fourth-order valence-corrected chi connectivity index (χ4v) is 1.09. The number of halogens is 1. The summed E-state index contributed by atoms with van der Waals surface area (Å²) in [7, 11) is 0. The van der Waals surface area contributed by atoms with Gasteiger partial charge in [0.15, 0.2) is 0 Å². The van der Waals surface area contributed by atoms with Crippen molar-refractivity contribution in [1.29, 1.82) is 0 Å². The molecule has 0 aliphatic carbocycles. The Kier molecular flexibility index (Phi) is 2.40. The maximum atomic E-state index is 12.7. The lowest BCUT2D eigenvalue weighted by Gasteiger charge is -2.03. The first-order valence-electron chi connectivity index (χ1n) is 4.17. The van der Waals surface area contributed by atoms with Crippen molar-refractivity contribution in [2.24, 2.45) is 0 Å². The van der Waals surface area contributed by atoms with Gasteiger partial charge >= 0.3 is 0 Å². The SMILES string of the molecule is Fc1cc(NCc2cnc[nH]2)ccn1. The van der Waals surface area contributed by atoms with Gasteiger partial charge in [-0.15, -0.1) is 0 Å². The number of hydrogen-bond acceptors (Lipinski definition) is 3. The van der Waals surface area contributed by atoms with Crippen LogP contribution in [0.2, 0.25) is 0 Å². The second kappa shape index (κ2) is 3.87. The minimum Gasteiger partial charge on any atom is -0.379 e. The van der Waals surface area contributed by atoms with Gasteiger partial charge in [0.05, 0.1) is 18.6 Å². The molecule has 72 valence electrons. The third-order valence-electron chi connectivity index (χ3n) is 1.76. The maximum Gasteiger partial charge on any atom is 0.214 e. The van der Waals surface area contributed by atoms with Crippen LogP contribution in [0.5, 0.6) is 0 Å². The number of aromatic nitrogens is 3. The molecular formula is C9H9FN4. The predicted octanol–water partition coefficient (Wildman–Crippen LogP) is 1.56. The highest BCUT2D eigenvalue weighted by Crippen LogP contribution is 2.07. The molecule has 0 fully saturated rings. The van der Waals surface area contributed by atoms with E-state index in [2.05, 4.69) is 20.3 Å². The van der Waals surface area contributed by atoms with Crippen molar-refractivity contribution in [1.82, 2.24) is 15.0 Å². The largest absolute Gasteiger partial charge is 0.379 e. The Morgan fingerprint density at radius 3 is 3.14 bits per heavy atom. The van der Waals surface area contributed by atoms with E-state index in [1.165, 1.54) is 12.3 Å². The van der Waals surface area contributed by atoms with E-state index in [0.717, 1.165) is 5.69 Å². The topological polar surface area (TPSA) is 53.6 Å². The molecule has 0 bridgehead atoms. The van der Waals surface area contributed by atoms with Crippen LogP contribution >= 0.6 is 0 Å². The van der Waals surface area contributed by atoms with Crippen molar-refractivity contribution in [3.8, 4) is 0 Å². The fraction of sp³-hybridized carbons (Fsp3) is 0.111. The second-order valence-electron chi connectivity index (χ2n) is 2.80. The normalized spacial score (nSPS) is 10.1. The number of hydrogen-bond donors (Lipinski definition) is 2. The quantitative estimate of drug-likeness (QED) is 0.725. The summed E-state index contributed by atoms with van der Waals surface area (Å²) in [5.74, 6) is -0.486. The Labute approximate surface area is 80.2 Å². The molecule has 0 atom stereocenters. The number of anilines is 1. The first kappa shape index (κ1) is 8.68. The van der Waals surface area contributed by atoms with Crippen molar-refractivity contribution in [3.05, 3.63) is 42.5 Å². The molecule has 0 saturated heterocycles. The lowest BCUT2D eigenvalue weighted by atomic mass is 10.4. The summed E-state index contributed by atoms with van der Waals surface area (Å²) < 4.78 is 12.7. The smallest absolute Gasteiger partial charge is 0.214 e. The predicted molar refractivity (Wildman–Crippen MR) is 50.1 cm³/mol. The number of nitrogens with zero attached hydrogens (tertiary/aromatic N) is 2. The van der Waals surface area contributed by atoms with Crippen LogP contribution in [0.4, 0.5) is 10.1 Å². The molecule has 2 aromatic rings. The van der Waals surface area contributed by atoms with Crippen LogP contribution in [0.15, 0.2) is 30.9 Å². The highest BCUT2D eigenvalue weighted by atomic mass is 19.1. The summed E-state index contributed by atoms with van der Waals surface area (Å²) >= 11 is 0. The number of imidazole rings is 1. The molecule has 0 unspecified atom stereocenters.